The van der Waals surface area contributed by atoms with Gasteiger partial charge in [-0.3, -0.25) is 0 Å². The SMILES string of the molecule is C=C1/C(=C\C=C2/CCC[C@]3(C)[C@@H]([C@H](C)CCCC(C)(C)F)CC[C@@H]23)C[C@H](O)[C@H](C)[C@@H]1O. The van der Waals surface area contributed by atoms with E-state index in [2.05, 4.69) is 32.6 Å². The second-order valence-corrected chi connectivity index (χ2v) is 11.7. The van der Waals surface area contributed by atoms with E-state index >= 15 is 0 Å². The minimum Gasteiger partial charge on any atom is -0.392 e. The largest absolute Gasteiger partial charge is 0.392 e. The molecule has 3 rings (SSSR count). The maximum absolute atomic E-state index is 13.9. The lowest BCUT2D eigenvalue weighted by Gasteiger charge is -2.44. The van der Waals surface area contributed by atoms with Gasteiger partial charge in [0.15, 0.2) is 0 Å². The van der Waals surface area contributed by atoms with Crippen LogP contribution in [0.3, 0.4) is 0 Å². The van der Waals surface area contributed by atoms with E-state index in [9.17, 15) is 14.6 Å². The zero-order valence-electron chi connectivity index (χ0n) is 20.5. The molecule has 176 valence electrons. The smallest absolute Gasteiger partial charge is 0.105 e. The van der Waals surface area contributed by atoms with Gasteiger partial charge in [0.1, 0.15) is 5.67 Å². The molecule has 0 aliphatic heterocycles. The number of halogens is 1. The molecule has 0 spiro atoms. The number of hydrogen-bond acceptors (Lipinski definition) is 2. The van der Waals surface area contributed by atoms with Crippen LogP contribution in [-0.2, 0) is 0 Å². The van der Waals surface area contributed by atoms with Crippen LogP contribution in [-0.4, -0.2) is 28.1 Å². The summed E-state index contributed by atoms with van der Waals surface area (Å²) in [4.78, 5) is 0. The van der Waals surface area contributed by atoms with Crippen molar-refractivity contribution >= 4 is 0 Å². The van der Waals surface area contributed by atoms with Crippen LogP contribution < -0.4 is 0 Å². The quantitative estimate of drug-likeness (QED) is 0.478. The highest BCUT2D eigenvalue weighted by Gasteiger charge is 2.50. The Morgan fingerprint density at radius 1 is 1.26 bits per heavy atom. The van der Waals surface area contributed by atoms with Gasteiger partial charge in [-0.1, -0.05) is 57.9 Å². The molecular formula is C28H45FO2. The molecule has 3 fully saturated rings. The van der Waals surface area contributed by atoms with E-state index in [0.29, 0.717) is 36.0 Å². The number of aliphatic hydroxyl groups is 2. The highest BCUT2D eigenvalue weighted by molar-refractivity contribution is 5.39. The average molecular weight is 433 g/mol. The lowest BCUT2D eigenvalue weighted by Crippen LogP contribution is -2.36. The summed E-state index contributed by atoms with van der Waals surface area (Å²) in [6, 6.07) is 0. The van der Waals surface area contributed by atoms with Gasteiger partial charge in [0.25, 0.3) is 0 Å². The molecule has 31 heavy (non-hydrogen) atoms. The molecule has 3 aliphatic carbocycles. The van der Waals surface area contributed by atoms with E-state index in [1.807, 2.05) is 6.92 Å². The number of allylic oxidation sites excluding steroid dienone is 3. The maximum Gasteiger partial charge on any atom is 0.105 e. The van der Waals surface area contributed by atoms with Crippen molar-refractivity contribution in [2.75, 3.05) is 0 Å². The Morgan fingerprint density at radius 3 is 2.65 bits per heavy atom. The molecular weight excluding hydrogens is 387 g/mol. The molecule has 2 nitrogen and oxygen atoms in total. The van der Waals surface area contributed by atoms with Crippen LogP contribution in [0.25, 0.3) is 0 Å². The number of rotatable bonds is 6. The van der Waals surface area contributed by atoms with E-state index < -0.39 is 17.9 Å². The molecule has 0 unspecified atom stereocenters. The summed E-state index contributed by atoms with van der Waals surface area (Å²) in [5.74, 6) is 1.81. The third kappa shape index (κ3) is 5.36. The van der Waals surface area contributed by atoms with Crippen molar-refractivity contribution in [1.29, 1.82) is 0 Å². The van der Waals surface area contributed by atoms with Gasteiger partial charge < -0.3 is 10.2 Å². The first-order valence-electron chi connectivity index (χ1n) is 12.6. The van der Waals surface area contributed by atoms with Gasteiger partial charge in [-0.05, 0) is 93.1 Å². The average Bonchev–Trinajstić information content (AvgIpc) is 3.04. The van der Waals surface area contributed by atoms with Crippen molar-refractivity contribution in [1.82, 2.24) is 0 Å². The van der Waals surface area contributed by atoms with Crippen molar-refractivity contribution in [3.05, 3.63) is 35.5 Å². The van der Waals surface area contributed by atoms with E-state index in [1.165, 1.54) is 31.3 Å². The molecule has 0 radical (unpaired) electrons. The highest BCUT2D eigenvalue weighted by atomic mass is 19.1. The summed E-state index contributed by atoms with van der Waals surface area (Å²) in [6.07, 6.45) is 12.8. The zero-order valence-corrected chi connectivity index (χ0v) is 20.5. The first-order chi connectivity index (χ1) is 14.4. The normalized spacial score (nSPS) is 40.4. The van der Waals surface area contributed by atoms with Crippen molar-refractivity contribution in [2.24, 2.45) is 29.1 Å². The van der Waals surface area contributed by atoms with Crippen molar-refractivity contribution < 1.29 is 14.6 Å². The number of aliphatic hydroxyl groups excluding tert-OH is 2. The minimum absolute atomic E-state index is 0.157. The predicted octanol–water partition coefficient (Wildman–Crippen LogP) is 6.93. The Labute approximate surface area is 189 Å². The van der Waals surface area contributed by atoms with Gasteiger partial charge in [-0.2, -0.15) is 0 Å². The van der Waals surface area contributed by atoms with Crippen LogP contribution in [0.15, 0.2) is 35.5 Å². The monoisotopic (exact) mass is 432 g/mol. The van der Waals surface area contributed by atoms with E-state index in [4.69, 9.17) is 0 Å². The molecule has 0 heterocycles. The third-order valence-corrected chi connectivity index (χ3v) is 8.96. The van der Waals surface area contributed by atoms with Crippen LogP contribution >= 0.6 is 0 Å². The van der Waals surface area contributed by atoms with Crippen molar-refractivity contribution in [2.45, 2.75) is 110 Å². The van der Waals surface area contributed by atoms with E-state index in [0.717, 1.165) is 30.4 Å². The lowest BCUT2D eigenvalue weighted by molar-refractivity contribution is 0.0283. The molecule has 3 saturated carbocycles. The standard InChI is InChI=1S/C28H45FO2/c1-18(9-7-15-27(4,5)29)23-13-14-24-21(10-8-16-28(23,24)6)11-12-22-17-25(30)20(3)26(31)19(22)2/h11-12,18,20,23-26,30-31H,2,7-10,13-17H2,1,3-6H3/b21-11+,22-12-/t18-,20+,23-,24+,25+,26-,28-/m1/s1. The fourth-order valence-electron chi connectivity index (χ4n) is 6.90. The Morgan fingerprint density at radius 2 is 1.97 bits per heavy atom. The molecule has 0 aromatic heterocycles. The summed E-state index contributed by atoms with van der Waals surface area (Å²) in [6.45, 7) is 14.3. The Hall–Kier alpha value is -0.930. The second-order valence-electron chi connectivity index (χ2n) is 11.7. The first-order valence-corrected chi connectivity index (χ1v) is 12.6. The Balaban J connectivity index is 1.71. The third-order valence-electron chi connectivity index (χ3n) is 8.96. The fourth-order valence-corrected chi connectivity index (χ4v) is 6.90. The van der Waals surface area contributed by atoms with Gasteiger partial charge in [0.05, 0.1) is 12.2 Å². The number of alkyl halides is 1. The van der Waals surface area contributed by atoms with Crippen LogP contribution in [0.4, 0.5) is 4.39 Å². The van der Waals surface area contributed by atoms with Gasteiger partial charge in [0, 0.05) is 5.92 Å². The van der Waals surface area contributed by atoms with Crippen molar-refractivity contribution in [3.63, 3.8) is 0 Å². The van der Waals surface area contributed by atoms with Crippen LogP contribution in [0.5, 0.6) is 0 Å². The molecule has 0 bridgehead atoms. The topological polar surface area (TPSA) is 40.5 Å². The first kappa shape index (κ1) is 24.7. The van der Waals surface area contributed by atoms with Crippen LogP contribution in [0.1, 0.15) is 92.4 Å². The minimum atomic E-state index is -1.06. The molecule has 7 atom stereocenters. The Kier molecular flexibility index (Phi) is 7.58. The maximum atomic E-state index is 13.9. The lowest BCUT2D eigenvalue weighted by atomic mass is 9.60. The van der Waals surface area contributed by atoms with Crippen molar-refractivity contribution in [3.8, 4) is 0 Å². The number of hydrogen-bond donors (Lipinski definition) is 2. The summed E-state index contributed by atoms with van der Waals surface area (Å²) in [5.41, 5.74) is 2.58. The Bertz CT molecular complexity index is 715. The van der Waals surface area contributed by atoms with E-state index in [1.54, 1.807) is 13.8 Å². The summed E-state index contributed by atoms with van der Waals surface area (Å²) in [7, 11) is 0. The summed E-state index contributed by atoms with van der Waals surface area (Å²) in [5, 5.41) is 20.7. The van der Waals surface area contributed by atoms with Crippen LogP contribution in [0, 0.1) is 29.1 Å². The van der Waals surface area contributed by atoms with Gasteiger partial charge in [-0.15, -0.1) is 0 Å². The second kappa shape index (κ2) is 9.51. The molecule has 0 saturated heterocycles. The van der Waals surface area contributed by atoms with Crippen LogP contribution in [0.2, 0.25) is 0 Å². The predicted molar refractivity (Wildman–Crippen MR) is 127 cm³/mol. The molecule has 3 heteroatoms. The summed E-state index contributed by atoms with van der Waals surface area (Å²) >= 11 is 0. The highest BCUT2D eigenvalue weighted by Crippen LogP contribution is 2.60. The summed E-state index contributed by atoms with van der Waals surface area (Å²) < 4.78 is 13.9. The zero-order chi connectivity index (χ0) is 23.0. The molecule has 0 aromatic rings. The number of fused-ring (bicyclic) bond motifs is 1. The van der Waals surface area contributed by atoms with Gasteiger partial charge in [0.2, 0.25) is 0 Å². The van der Waals surface area contributed by atoms with E-state index in [-0.39, 0.29) is 5.92 Å². The molecule has 0 amide bonds. The van der Waals surface area contributed by atoms with Gasteiger partial charge >= 0.3 is 0 Å². The molecule has 0 aromatic carbocycles. The fraction of sp³-hybridized carbons (Fsp3) is 0.786. The molecule has 2 N–H and O–H groups in total. The van der Waals surface area contributed by atoms with Gasteiger partial charge in [-0.25, -0.2) is 4.39 Å². The molecule has 3 aliphatic rings.